The smallest absolute Gasteiger partial charge is 0.330 e. The zero-order chi connectivity index (χ0) is 12.3. The Bertz CT molecular complexity index is 501. The molecule has 0 aliphatic rings. The van der Waals surface area contributed by atoms with Gasteiger partial charge in [0.05, 0.1) is 0 Å². The van der Waals surface area contributed by atoms with Gasteiger partial charge in [-0.2, -0.15) is 0 Å². The molecule has 0 saturated heterocycles. The monoisotopic (exact) mass is 224 g/mol. The van der Waals surface area contributed by atoms with Crippen LogP contribution >= 0.6 is 0 Å². The van der Waals surface area contributed by atoms with Gasteiger partial charge in [-0.1, -0.05) is 6.08 Å². The molecule has 0 aromatic carbocycles. The van der Waals surface area contributed by atoms with Crippen molar-refractivity contribution in [3.05, 3.63) is 33.5 Å². The Hall–Kier alpha value is -1.98. The van der Waals surface area contributed by atoms with Crippen molar-refractivity contribution in [2.45, 2.75) is 26.4 Å². The van der Waals surface area contributed by atoms with Crippen LogP contribution in [-0.4, -0.2) is 15.6 Å². The number of nitrogen functional groups attached to an aromatic ring is 1. The van der Waals surface area contributed by atoms with Crippen LogP contribution in [0.3, 0.4) is 0 Å². The Morgan fingerprint density at radius 2 is 2.25 bits per heavy atom. The number of nitrogens with two attached hydrogens (primary N) is 1. The van der Waals surface area contributed by atoms with Crippen molar-refractivity contribution < 1.29 is 0 Å². The van der Waals surface area contributed by atoms with Gasteiger partial charge in [0.1, 0.15) is 11.5 Å². The van der Waals surface area contributed by atoms with E-state index in [9.17, 15) is 9.59 Å². The van der Waals surface area contributed by atoms with Crippen LogP contribution in [0.1, 0.15) is 13.8 Å². The van der Waals surface area contributed by atoms with E-state index in [-0.39, 0.29) is 17.5 Å². The molecule has 0 aliphatic carbocycles. The molecule has 0 spiro atoms. The molecule has 0 amide bonds. The van der Waals surface area contributed by atoms with Crippen molar-refractivity contribution in [3.8, 4) is 0 Å². The fourth-order valence-corrected chi connectivity index (χ4v) is 1.33. The number of nitrogens with zero attached hydrogens (tertiary/aromatic N) is 1. The molecule has 1 unspecified atom stereocenters. The highest BCUT2D eigenvalue weighted by molar-refractivity contribution is 5.61. The molecule has 0 fully saturated rings. The van der Waals surface area contributed by atoms with Gasteiger partial charge in [0.2, 0.25) is 0 Å². The maximum absolute atomic E-state index is 11.5. The highest BCUT2D eigenvalue weighted by Gasteiger charge is 2.11. The molecule has 1 heterocycles. The van der Waals surface area contributed by atoms with E-state index >= 15 is 0 Å². The maximum Gasteiger partial charge on any atom is 0.330 e. The second-order valence-electron chi connectivity index (χ2n) is 3.43. The summed E-state index contributed by atoms with van der Waals surface area (Å²) in [4.78, 5) is 25.1. The first kappa shape index (κ1) is 12.1. The summed E-state index contributed by atoms with van der Waals surface area (Å²) in [6, 6.07) is -0.105. The lowest BCUT2D eigenvalue weighted by Crippen LogP contribution is -2.34. The van der Waals surface area contributed by atoms with Gasteiger partial charge >= 0.3 is 5.69 Å². The molecule has 0 saturated carbocycles. The van der Waals surface area contributed by atoms with E-state index in [0.717, 1.165) is 0 Å². The van der Waals surface area contributed by atoms with Crippen molar-refractivity contribution in [1.82, 2.24) is 9.55 Å². The number of rotatable bonds is 4. The van der Waals surface area contributed by atoms with Gasteiger partial charge in [-0.25, -0.2) is 4.79 Å². The zero-order valence-electron chi connectivity index (χ0n) is 9.41. The van der Waals surface area contributed by atoms with Crippen molar-refractivity contribution in [3.63, 3.8) is 0 Å². The predicted octanol–water partition coefficient (Wildman–Crippen LogP) is 0.125. The van der Waals surface area contributed by atoms with Crippen molar-refractivity contribution in [2.24, 2.45) is 0 Å². The van der Waals surface area contributed by atoms with E-state index in [1.807, 2.05) is 6.92 Å². The van der Waals surface area contributed by atoms with Crippen LogP contribution in [0.2, 0.25) is 0 Å². The summed E-state index contributed by atoms with van der Waals surface area (Å²) < 4.78 is 1.29. The molecule has 0 bridgehead atoms. The van der Waals surface area contributed by atoms with E-state index < -0.39 is 11.2 Å². The highest BCUT2D eigenvalue weighted by Crippen LogP contribution is 2.11. The number of nitrogens with one attached hydrogen (secondary N) is 2. The SMILES string of the molecule is C=CC(C)Nc1c(N)n(CC)c(=O)[nH]c1=O. The summed E-state index contributed by atoms with van der Waals surface area (Å²) in [6.45, 7) is 7.59. The minimum atomic E-state index is -0.513. The van der Waals surface area contributed by atoms with Crippen LogP contribution < -0.4 is 22.3 Å². The molecular formula is C10H16N4O2. The third-order valence-electron chi connectivity index (χ3n) is 2.28. The van der Waals surface area contributed by atoms with E-state index in [1.165, 1.54) is 4.57 Å². The van der Waals surface area contributed by atoms with Gasteiger partial charge in [-0.05, 0) is 13.8 Å². The molecule has 6 heteroatoms. The average Bonchev–Trinajstić information content (AvgIpc) is 2.24. The summed E-state index contributed by atoms with van der Waals surface area (Å²) in [6.07, 6.45) is 1.64. The van der Waals surface area contributed by atoms with E-state index in [4.69, 9.17) is 5.73 Å². The third kappa shape index (κ3) is 2.16. The van der Waals surface area contributed by atoms with Crippen LogP contribution in [-0.2, 0) is 6.54 Å². The number of hydrogen-bond donors (Lipinski definition) is 3. The van der Waals surface area contributed by atoms with Crippen molar-refractivity contribution >= 4 is 11.5 Å². The summed E-state index contributed by atoms with van der Waals surface area (Å²) in [7, 11) is 0. The summed E-state index contributed by atoms with van der Waals surface area (Å²) in [5, 5.41) is 2.88. The highest BCUT2D eigenvalue weighted by atomic mass is 16.2. The Balaban J connectivity index is 3.34. The van der Waals surface area contributed by atoms with Crippen LogP contribution in [0.25, 0.3) is 0 Å². The first-order chi connectivity index (χ1) is 7.51. The zero-order valence-corrected chi connectivity index (χ0v) is 9.41. The lowest BCUT2D eigenvalue weighted by atomic mass is 10.3. The summed E-state index contributed by atoms with van der Waals surface area (Å²) in [5.74, 6) is 0.143. The first-order valence-corrected chi connectivity index (χ1v) is 5.03. The third-order valence-corrected chi connectivity index (χ3v) is 2.28. The minimum Gasteiger partial charge on any atom is -0.383 e. The van der Waals surface area contributed by atoms with E-state index in [1.54, 1.807) is 13.0 Å². The first-order valence-electron chi connectivity index (χ1n) is 5.03. The quantitative estimate of drug-likeness (QED) is 0.633. The Kier molecular flexibility index (Phi) is 3.55. The van der Waals surface area contributed by atoms with Crippen LogP contribution in [0.15, 0.2) is 22.2 Å². The number of anilines is 2. The minimum absolute atomic E-state index is 0.105. The molecule has 1 aromatic rings. The molecule has 88 valence electrons. The van der Waals surface area contributed by atoms with Gasteiger partial charge < -0.3 is 11.1 Å². The Morgan fingerprint density at radius 1 is 1.62 bits per heavy atom. The normalized spacial score (nSPS) is 12.1. The summed E-state index contributed by atoms with van der Waals surface area (Å²) in [5.41, 5.74) is 4.94. The molecule has 4 N–H and O–H groups in total. The maximum atomic E-state index is 11.5. The van der Waals surface area contributed by atoms with Crippen LogP contribution in [0.4, 0.5) is 11.5 Å². The van der Waals surface area contributed by atoms with Gasteiger partial charge in [0, 0.05) is 12.6 Å². The fourth-order valence-electron chi connectivity index (χ4n) is 1.33. The lowest BCUT2D eigenvalue weighted by molar-refractivity contribution is 0.705. The largest absolute Gasteiger partial charge is 0.383 e. The number of H-pyrrole nitrogens is 1. The van der Waals surface area contributed by atoms with Crippen molar-refractivity contribution in [1.29, 1.82) is 0 Å². The predicted molar refractivity (Wildman–Crippen MR) is 64.7 cm³/mol. The van der Waals surface area contributed by atoms with Gasteiger partial charge in [0.15, 0.2) is 0 Å². The lowest BCUT2D eigenvalue weighted by Gasteiger charge is -2.14. The second-order valence-corrected chi connectivity index (χ2v) is 3.43. The summed E-state index contributed by atoms with van der Waals surface area (Å²) >= 11 is 0. The number of aromatic nitrogens is 2. The van der Waals surface area contributed by atoms with E-state index in [2.05, 4.69) is 16.9 Å². The van der Waals surface area contributed by atoms with Gasteiger partial charge in [-0.3, -0.25) is 14.3 Å². The molecule has 16 heavy (non-hydrogen) atoms. The molecular weight excluding hydrogens is 208 g/mol. The molecule has 0 aliphatic heterocycles. The molecule has 1 atom stereocenters. The topological polar surface area (TPSA) is 92.9 Å². The fraction of sp³-hybridized carbons (Fsp3) is 0.400. The van der Waals surface area contributed by atoms with E-state index in [0.29, 0.717) is 6.54 Å². The Morgan fingerprint density at radius 3 is 2.75 bits per heavy atom. The van der Waals surface area contributed by atoms with Crippen LogP contribution in [0.5, 0.6) is 0 Å². The molecule has 1 rings (SSSR count). The van der Waals surface area contributed by atoms with Crippen molar-refractivity contribution in [2.75, 3.05) is 11.1 Å². The number of hydrogen-bond acceptors (Lipinski definition) is 4. The number of aromatic amines is 1. The van der Waals surface area contributed by atoms with Gasteiger partial charge in [0.25, 0.3) is 5.56 Å². The van der Waals surface area contributed by atoms with Gasteiger partial charge in [-0.15, -0.1) is 6.58 Å². The Labute approximate surface area is 92.8 Å². The standard InChI is InChI=1S/C10H16N4O2/c1-4-6(3)12-7-8(11)14(5-2)10(16)13-9(7)15/h4,6,12H,1,5,11H2,2-3H3,(H,13,15,16). The molecule has 0 radical (unpaired) electrons. The average molecular weight is 224 g/mol. The second kappa shape index (κ2) is 4.69. The van der Waals surface area contributed by atoms with Crippen LogP contribution in [0, 0.1) is 0 Å². The molecule has 1 aromatic heterocycles. The molecule has 6 nitrogen and oxygen atoms in total.